The topological polar surface area (TPSA) is 81.4 Å². The fourth-order valence-corrected chi connectivity index (χ4v) is 4.67. The maximum absolute atomic E-state index is 4.27. The van der Waals surface area contributed by atoms with Crippen LogP contribution < -0.4 is 5.32 Å². The Morgan fingerprint density at radius 3 is 2.76 bits per heavy atom. The van der Waals surface area contributed by atoms with Gasteiger partial charge in [0, 0.05) is 6.04 Å². The number of nitrogens with zero attached hydrogens (tertiary/aromatic N) is 6. The van der Waals surface area contributed by atoms with E-state index in [0.29, 0.717) is 11.8 Å². The van der Waals surface area contributed by atoms with Crippen LogP contribution in [0.15, 0.2) is 34.7 Å². The zero-order valence-corrected chi connectivity index (χ0v) is 15.3. The van der Waals surface area contributed by atoms with Gasteiger partial charge in [0.2, 0.25) is 5.13 Å². The van der Waals surface area contributed by atoms with Gasteiger partial charge in [0.15, 0.2) is 10.2 Å². The molecule has 1 N–H and O–H groups in total. The predicted molar refractivity (Wildman–Crippen MR) is 99.1 cm³/mol. The molecule has 0 radical (unpaired) electrons. The van der Waals surface area contributed by atoms with Gasteiger partial charge in [-0.05, 0) is 35.4 Å². The molecule has 1 fully saturated rings. The molecule has 25 heavy (non-hydrogen) atoms. The van der Waals surface area contributed by atoms with Crippen LogP contribution in [0.4, 0.5) is 5.13 Å². The Balaban J connectivity index is 1.37. The summed E-state index contributed by atoms with van der Waals surface area (Å²) in [6.45, 7) is 0. The summed E-state index contributed by atoms with van der Waals surface area (Å²) in [7, 11) is 0. The quantitative estimate of drug-likeness (QED) is 0.662. The molecule has 3 aromatic rings. The van der Waals surface area contributed by atoms with E-state index in [0.717, 1.165) is 21.0 Å². The van der Waals surface area contributed by atoms with Crippen LogP contribution in [-0.2, 0) is 5.75 Å². The van der Waals surface area contributed by atoms with Crippen molar-refractivity contribution in [3.05, 3.63) is 36.2 Å². The highest BCUT2D eigenvalue weighted by molar-refractivity contribution is 8.00. The van der Waals surface area contributed by atoms with Crippen LogP contribution in [0, 0.1) is 0 Å². The van der Waals surface area contributed by atoms with Crippen molar-refractivity contribution in [1.29, 1.82) is 0 Å². The van der Waals surface area contributed by atoms with E-state index >= 15 is 0 Å². The van der Waals surface area contributed by atoms with Crippen LogP contribution in [0.1, 0.15) is 37.9 Å². The number of nitrogens with one attached hydrogen (secondary N) is 1. The first-order chi connectivity index (χ1) is 12.4. The number of benzene rings is 1. The smallest absolute Gasteiger partial charge is 0.206 e. The highest BCUT2D eigenvalue weighted by atomic mass is 32.2. The summed E-state index contributed by atoms with van der Waals surface area (Å²) in [5, 5.41) is 25.0. The van der Waals surface area contributed by atoms with Crippen molar-refractivity contribution in [2.75, 3.05) is 5.32 Å². The van der Waals surface area contributed by atoms with Gasteiger partial charge in [-0.15, -0.1) is 15.3 Å². The highest BCUT2D eigenvalue weighted by Gasteiger charge is 2.16. The standard InChI is InChI=1S/C16H19N7S2/c1-3-7-12(8-4-1)17-15-19-20-16(25-15)24-11-14-18-21-22-23(14)13-9-5-2-6-10-13/h2,5-6,9-10,12H,1,3-4,7-8,11H2,(H,17,19). The lowest BCUT2D eigenvalue weighted by molar-refractivity contribution is 0.462. The first-order valence-electron chi connectivity index (χ1n) is 8.44. The summed E-state index contributed by atoms with van der Waals surface area (Å²) in [4.78, 5) is 0. The fourth-order valence-electron chi connectivity index (χ4n) is 2.94. The van der Waals surface area contributed by atoms with E-state index in [9.17, 15) is 0 Å². The molecule has 0 spiro atoms. The van der Waals surface area contributed by atoms with E-state index in [-0.39, 0.29) is 0 Å². The third-order valence-corrected chi connectivity index (χ3v) is 6.18. The van der Waals surface area contributed by atoms with Gasteiger partial charge in [0.05, 0.1) is 11.4 Å². The van der Waals surface area contributed by atoms with Gasteiger partial charge in [-0.2, -0.15) is 4.68 Å². The maximum Gasteiger partial charge on any atom is 0.206 e. The number of aromatic nitrogens is 6. The molecule has 0 bridgehead atoms. The van der Waals surface area contributed by atoms with E-state index in [1.165, 1.54) is 32.1 Å². The van der Waals surface area contributed by atoms with Crippen molar-refractivity contribution < 1.29 is 0 Å². The summed E-state index contributed by atoms with van der Waals surface area (Å²) in [6.07, 6.45) is 6.42. The third kappa shape index (κ3) is 4.16. The highest BCUT2D eigenvalue weighted by Crippen LogP contribution is 2.30. The van der Waals surface area contributed by atoms with Gasteiger partial charge in [-0.25, -0.2) is 0 Å². The molecule has 1 aliphatic rings. The minimum atomic E-state index is 0.546. The van der Waals surface area contributed by atoms with Crippen molar-refractivity contribution in [3.63, 3.8) is 0 Å². The van der Waals surface area contributed by atoms with Crippen LogP contribution in [-0.4, -0.2) is 36.4 Å². The zero-order valence-electron chi connectivity index (χ0n) is 13.7. The first-order valence-corrected chi connectivity index (χ1v) is 10.2. The van der Waals surface area contributed by atoms with E-state index in [4.69, 9.17) is 0 Å². The lowest BCUT2D eigenvalue weighted by atomic mass is 9.96. The number of para-hydroxylation sites is 1. The monoisotopic (exact) mass is 373 g/mol. The molecule has 4 rings (SSSR count). The summed E-state index contributed by atoms with van der Waals surface area (Å²) >= 11 is 3.21. The van der Waals surface area contributed by atoms with Gasteiger partial charge in [0.1, 0.15) is 0 Å². The Kier molecular flexibility index (Phi) is 5.22. The van der Waals surface area contributed by atoms with Crippen molar-refractivity contribution in [1.82, 2.24) is 30.4 Å². The Labute approximate surface area is 154 Å². The van der Waals surface area contributed by atoms with Gasteiger partial charge >= 0.3 is 0 Å². The van der Waals surface area contributed by atoms with Gasteiger partial charge in [-0.1, -0.05) is 60.6 Å². The molecular weight excluding hydrogens is 354 g/mol. The van der Waals surface area contributed by atoms with Crippen LogP contribution in [0.2, 0.25) is 0 Å². The van der Waals surface area contributed by atoms with Crippen molar-refractivity contribution in [2.24, 2.45) is 0 Å². The van der Waals surface area contributed by atoms with Crippen molar-refractivity contribution in [3.8, 4) is 5.69 Å². The Bertz CT molecular complexity index is 796. The summed E-state index contributed by atoms with van der Waals surface area (Å²) in [6, 6.07) is 10.4. The molecule has 130 valence electrons. The molecule has 1 saturated carbocycles. The van der Waals surface area contributed by atoms with E-state index in [1.807, 2.05) is 30.3 Å². The zero-order chi connectivity index (χ0) is 16.9. The Morgan fingerprint density at radius 1 is 1.08 bits per heavy atom. The predicted octanol–water partition coefficient (Wildman–Crippen LogP) is 3.55. The lowest BCUT2D eigenvalue weighted by Crippen LogP contribution is -2.21. The van der Waals surface area contributed by atoms with E-state index in [1.54, 1.807) is 27.8 Å². The molecule has 0 unspecified atom stereocenters. The normalized spacial score (nSPS) is 15.4. The Morgan fingerprint density at radius 2 is 1.92 bits per heavy atom. The second-order valence-corrected chi connectivity index (χ2v) is 8.18. The number of hydrogen-bond donors (Lipinski definition) is 1. The van der Waals surface area contributed by atoms with Crippen LogP contribution in [0.3, 0.4) is 0 Å². The van der Waals surface area contributed by atoms with Gasteiger partial charge in [0.25, 0.3) is 0 Å². The summed E-state index contributed by atoms with van der Waals surface area (Å²) in [5.74, 6) is 1.45. The van der Waals surface area contributed by atoms with Crippen LogP contribution in [0.5, 0.6) is 0 Å². The van der Waals surface area contributed by atoms with Crippen molar-refractivity contribution in [2.45, 2.75) is 48.2 Å². The number of hydrogen-bond acceptors (Lipinski definition) is 8. The SMILES string of the molecule is c1ccc(-n2nnnc2CSc2nnc(NC3CCCCC3)s2)cc1. The van der Waals surface area contributed by atoms with Gasteiger partial charge < -0.3 is 5.32 Å². The minimum Gasteiger partial charge on any atom is -0.357 e. The molecule has 1 aromatic carbocycles. The lowest BCUT2D eigenvalue weighted by Gasteiger charge is -2.21. The average molecular weight is 374 g/mol. The van der Waals surface area contributed by atoms with Crippen LogP contribution in [0.25, 0.3) is 5.69 Å². The molecule has 0 aliphatic heterocycles. The molecular formula is C16H19N7S2. The molecule has 2 aromatic heterocycles. The number of rotatable bonds is 6. The first kappa shape index (κ1) is 16.5. The Hall–Kier alpha value is -2.00. The molecule has 9 heteroatoms. The summed E-state index contributed by atoms with van der Waals surface area (Å²) < 4.78 is 2.69. The third-order valence-electron chi connectivity index (χ3n) is 4.20. The molecule has 0 amide bonds. The maximum atomic E-state index is 4.27. The molecule has 2 heterocycles. The largest absolute Gasteiger partial charge is 0.357 e. The van der Waals surface area contributed by atoms with E-state index < -0.39 is 0 Å². The van der Waals surface area contributed by atoms with Crippen molar-refractivity contribution >= 4 is 28.2 Å². The number of tetrazole rings is 1. The number of thioether (sulfide) groups is 1. The summed E-state index contributed by atoms with van der Waals surface area (Å²) in [5.41, 5.74) is 0.958. The molecule has 7 nitrogen and oxygen atoms in total. The molecule has 0 atom stereocenters. The van der Waals surface area contributed by atoms with Gasteiger partial charge in [-0.3, -0.25) is 0 Å². The molecule has 0 saturated heterocycles. The number of anilines is 1. The second kappa shape index (κ2) is 7.92. The second-order valence-electron chi connectivity index (χ2n) is 5.98. The van der Waals surface area contributed by atoms with Crippen LogP contribution >= 0.6 is 23.1 Å². The minimum absolute atomic E-state index is 0.546. The average Bonchev–Trinajstić information content (AvgIpc) is 3.31. The molecule has 1 aliphatic carbocycles. The van der Waals surface area contributed by atoms with E-state index in [2.05, 4.69) is 31.0 Å². The fraction of sp³-hybridized carbons (Fsp3) is 0.438.